The number of carbonyl (C=O) groups excluding carboxylic acids is 2. The Bertz CT molecular complexity index is 1360. The van der Waals surface area contributed by atoms with Crippen molar-refractivity contribution < 1.29 is 14.3 Å². The molecule has 0 saturated carbocycles. The van der Waals surface area contributed by atoms with Gasteiger partial charge in [-0.2, -0.15) is 5.26 Å². The lowest BCUT2D eigenvalue weighted by Gasteiger charge is -2.14. The number of nitrogens with zero attached hydrogens (tertiary/aromatic N) is 2. The summed E-state index contributed by atoms with van der Waals surface area (Å²) in [6.45, 7) is 1.34. The number of anilines is 1. The number of carbonyl (C=O) groups is 2. The normalized spacial score (nSPS) is 10.4. The number of esters is 1. The maximum Gasteiger partial charge on any atom is 0.339 e. The number of para-hydroxylation sites is 2. The van der Waals surface area contributed by atoms with Gasteiger partial charge in [0.05, 0.1) is 28.0 Å². The molecule has 1 heterocycles. The van der Waals surface area contributed by atoms with E-state index >= 15 is 0 Å². The van der Waals surface area contributed by atoms with Gasteiger partial charge in [-0.1, -0.05) is 60.7 Å². The van der Waals surface area contributed by atoms with Crippen LogP contribution in [0.3, 0.4) is 0 Å². The average Bonchev–Trinajstić information content (AvgIpc) is 2.83. The van der Waals surface area contributed by atoms with E-state index in [2.05, 4.69) is 5.32 Å². The van der Waals surface area contributed by atoms with Gasteiger partial charge in [-0.15, -0.1) is 0 Å². The van der Waals surface area contributed by atoms with Crippen molar-refractivity contribution in [3.8, 4) is 17.3 Å². The quantitative estimate of drug-likeness (QED) is 0.464. The van der Waals surface area contributed by atoms with Gasteiger partial charge in [0.15, 0.2) is 6.61 Å². The lowest BCUT2D eigenvalue weighted by atomic mass is 9.98. The van der Waals surface area contributed by atoms with Crippen molar-refractivity contribution in [1.29, 1.82) is 5.26 Å². The molecule has 4 rings (SSSR count). The Morgan fingerprint density at radius 3 is 2.44 bits per heavy atom. The fraction of sp³-hybridized carbons (Fsp3) is 0.0769. The molecular formula is C26H19N3O3. The summed E-state index contributed by atoms with van der Waals surface area (Å²) in [6.07, 6.45) is 0. The maximum atomic E-state index is 13.1. The first kappa shape index (κ1) is 20.8. The van der Waals surface area contributed by atoms with E-state index in [0.29, 0.717) is 39.0 Å². The van der Waals surface area contributed by atoms with Crippen molar-refractivity contribution in [3.63, 3.8) is 0 Å². The fourth-order valence-corrected chi connectivity index (χ4v) is 3.53. The van der Waals surface area contributed by atoms with Crippen molar-refractivity contribution >= 4 is 28.5 Å². The zero-order chi connectivity index (χ0) is 22.5. The third kappa shape index (κ3) is 4.18. The number of amides is 1. The Labute approximate surface area is 185 Å². The molecule has 0 aliphatic carbocycles. The van der Waals surface area contributed by atoms with Gasteiger partial charge in [0.1, 0.15) is 6.07 Å². The molecular weight excluding hydrogens is 402 g/mol. The van der Waals surface area contributed by atoms with E-state index in [1.54, 1.807) is 24.3 Å². The van der Waals surface area contributed by atoms with Crippen molar-refractivity contribution in [2.75, 3.05) is 11.9 Å². The highest BCUT2D eigenvalue weighted by Crippen LogP contribution is 2.30. The maximum absolute atomic E-state index is 13.1. The molecule has 0 saturated heterocycles. The molecule has 1 aromatic heterocycles. The molecule has 1 N–H and O–H groups in total. The van der Waals surface area contributed by atoms with E-state index in [1.807, 2.05) is 67.6 Å². The SMILES string of the molecule is Cc1c(-c2ccccc2)nc2ccccc2c1C(=O)OCC(=O)Nc1ccccc1C#N. The molecule has 4 aromatic rings. The molecule has 6 nitrogen and oxygen atoms in total. The van der Waals surface area contributed by atoms with E-state index in [0.717, 1.165) is 5.56 Å². The van der Waals surface area contributed by atoms with Crippen LogP contribution < -0.4 is 5.32 Å². The minimum atomic E-state index is -0.609. The second kappa shape index (κ2) is 9.11. The highest BCUT2D eigenvalue weighted by Gasteiger charge is 2.21. The van der Waals surface area contributed by atoms with Crippen molar-refractivity contribution in [1.82, 2.24) is 4.98 Å². The van der Waals surface area contributed by atoms with Crippen LogP contribution in [0, 0.1) is 18.3 Å². The summed E-state index contributed by atoms with van der Waals surface area (Å²) in [5.74, 6) is -1.14. The fourth-order valence-electron chi connectivity index (χ4n) is 3.53. The molecule has 0 atom stereocenters. The molecule has 3 aromatic carbocycles. The van der Waals surface area contributed by atoms with Crippen LogP contribution >= 0.6 is 0 Å². The molecule has 1 amide bonds. The molecule has 32 heavy (non-hydrogen) atoms. The third-order valence-corrected chi connectivity index (χ3v) is 5.04. The number of benzene rings is 3. The number of hydrogen-bond donors (Lipinski definition) is 1. The molecule has 0 radical (unpaired) electrons. The number of nitriles is 1. The van der Waals surface area contributed by atoms with Crippen LogP contribution in [0.1, 0.15) is 21.5 Å². The summed E-state index contributed by atoms with van der Waals surface area (Å²) in [7, 11) is 0. The minimum absolute atomic E-state index is 0.329. The summed E-state index contributed by atoms with van der Waals surface area (Å²) in [6, 6.07) is 25.6. The van der Waals surface area contributed by atoms with Crippen molar-refractivity contribution in [2.24, 2.45) is 0 Å². The Balaban J connectivity index is 1.61. The predicted molar refractivity (Wildman–Crippen MR) is 122 cm³/mol. The Morgan fingerprint density at radius 1 is 0.969 bits per heavy atom. The number of rotatable bonds is 5. The molecule has 0 fully saturated rings. The van der Waals surface area contributed by atoms with Gasteiger partial charge < -0.3 is 10.1 Å². The van der Waals surface area contributed by atoms with E-state index in [9.17, 15) is 9.59 Å². The second-order valence-corrected chi connectivity index (χ2v) is 7.13. The molecule has 6 heteroatoms. The Morgan fingerprint density at radius 2 is 1.66 bits per heavy atom. The first-order valence-corrected chi connectivity index (χ1v) is 9.99. The highest BCUT2D eigenvalue weighted by atomic mass is 16.5. The van der Waals surface area contributed by atoms with Crippen LogP contribution in [0.2, 0.25) is 0 Å². The third-order valence-electron chi connectivity index (χ3n) is 5.04. The number of nitrogens with one attached hydrogen (secondary N) is 1. The van der Waals surface area contributed by atoms with Gasteiger partial charge in [0, 0.05) is 10.9 Å². The van der Waals surface area contributed by atoms with Gasteiger partial charge in [0.25, 0.3) is 5.91 Å². The first-order valence-electron chi connectivity index (χ1n) is 9.99. The summed E-state index contributed by atoms with van der Waals surface area (Å²) < 4.78 is 5.35. The van der Waals surface area contributed by atoms with Crippen molar-refractivity contribution in [3.05, 3.63) is 95.6 Å². The van der Waals surface area contributed by atoms with E-state index in [-0.39, 0.29) is 0 Å². The zero-order valence-corrected chi connectivity index (χ0v) is 17.3. The standard InChI is InChI=1S/C26H19N3O3/c1-17-24(26(31)32-16-23(30)28-21-13-7-5-11-19(21)15-27)20-12-6-8-14-22(20)29-25(17)18-9-3-2-4-10-18/h2-14H,16H2,1H3,(H,28,30). The number of hydrogen-bond acceptors (Lipinski definition) is 5. The van der Waals surface area contributed by atoms with Crippen LogP contribution in [0.15, 0.2) is 78.9 Å². The second-order valence-electron chi connectivity index (χ2n) is 7.13. The van der Waals surface area contributed by atoms with Crippen LogP contribution in [0.25, 0.3) is 22.2 Å². The van der Waals surface area contributed by atoms with Crippen LogP contribution in [-0.2, 0) is 9.53 Å². The lowest BCUT2D eigenvalue weighted by Crippen LogP contribution is -2.22. The number of ether oxygens (including phenoxy) is 1. The minimum Gasteiger partial charge on any atom is -0.452 e. The zero-order valence-electron chi connectivity index (χ0n) is 17.3. The smallest absolute Gasteiger partial charge is 0.339 e. The topological polar surface area (TPSA) is 92.1 Å². The predicted octanol–water partition coefficient (Wildman–Crippen LogP) is 4.88. The summed E-state index contributed by atoms with van der Waals surface area (Å²) >= 11 is 0. The number of aromatic nitrogens is 1. The van der Waals surface area contributed by atoms with E-state index in [1.165, 1.54) is 0 Å². The molecule has 0 spiro atoms. The molecule has 0 bridgehead atoms. The molecule has 0 aliphatic rings. The van der Waals surface area contributed by atoms with Gasteiger partial charge in [0.2, 0.25) is 0 Å². The van der Waals surface area contributed by atoms with Gasteiger partial charge >= 0.3 is 5.97 Å². The largest absolute Gasteiger partial charge is 0.452 e. The summed E-state index contributed by atoms with van der Waals surface area (Å²) in [5, 5.41) is 12.4. The molecule has 156 valence electrons. The molecule has 0 aliphatic heterocycles. The Kier molecular flexibility index (Phi) is 5.91. The first-order chi connectivity index (χ1) is 15.6. The number of pyridine rings is 1. The summed E-state index contributed by atoms with van der Waals surface area (Å²) in [5.41, 5.74) is 3.98. The van der Waals surface area contributed by atoms with Gasteiger partial charge in [-0.25, -0.2) is 9.78 Å². The van der Waals surface area contributed by atoms with Gasteiger partial charge in [-0.05, 0) is 30.7 Å². The van der Waals surface area contributed by atoms with Crippen molar-refractivity contribution in [2.45, 2.75) is 6.92 Å². The molecule has 0 unspecified atom stereocenters. The Hall–Kier alpha value is -4.50. The van der Waals surface area contributed by atoms with E-state index < -0.39 is 18.5 Å². The monoisotopic (exact) mass is 421 g/mol. The number of fused-ring (bicyclic) bond motifs is 1. The van der Waals surface area contributed by atoms with Crippen LogP contribution in [-0.4, -0.2) is 23.5 Å². The average molecular weight is 421 g/mol. The van der Waals surface area contributed by atoms with Crippen LogP contribution in [0.4, 0.5) is 5.69 Å². The van der Waals surface area contributed by atoms with Crippen LogP contribution in [0.5, 0.6) is 0 Å². The summed E-state index contributed by atoms with van der Waals surface area (Å²) in [4.78, 5) is 30.1. The van der Waals surface area contributed by atoms with E-state index in [4.69, 9.17) is 15.0 Å². The highest BCUT2D eigenvalue weighted by molar-refractivity contribution is 6.07. The lowest BCUT2D eigenvalue weighted by molar-refractivity contribution is -0.119. The van der Waals surface area contributed by atoms with Gasteiger partial charge in [-0.3, -0.25) is 4.79 Å².